The van der Waals surface area contributed by atoms with Crippen molar-refractivity contribution in [3.8, 4) is 23.0 Å². The normalized spacial score (nSPS) is 17.3. The van der Waals surface area contributed by atoms with Crippen LogP contribution in [-0.4, -0.2) is 34.2 Å². The molecular formula is C26H26O5. The number of carbonyl (C=O) groups is 1. The topological polar surface area (TPSA) is 54.0 Å². The smallest absolute Gasteiger partial charge is 0.171 e. The first kappa shape index (κ1) is 20.8. The van der Waals surface area contributed by atoms with E-state index < -0.39 is 5.92 Å². The molecule has 1 aliphatic carbocycles. The summed E-state index contributed by atoms with van der Waals surface area (Å²) in [5, 5.41) is 0. The fraction of sp³-hybridized carbons (Fsp3) is 0.269. The number of benzene rings is 3. The lowest BCUT2D eigenvalue weighted by Gasteiger charge is -2.23. The Labute approximate surface area is 182 Å². The summed E-state index contributed by atoms with van der Waals surface area (Å²) in [5.41, 5.74) is 4.50. The fourth-order valence-corrected chi connectivity index (χ4v) is 4.38. The van der Waals surface area contributed by atoms with Gasteiger partial charge in [-0.05, 0) is 36.2 Å². The van der Waals surface area contributed by atoms with Gasteiger partial charge in [0.15, 0.2) is 5.78 Å². The molecule has 0 fully saturated rings. The zero-order valence-electron chi connectivity index (χ0n) is 18.4. The van der Waals surface area contributed by atoms with E-state index in [9.17, 15) is 4.79 Å². The number of Topliss-reactive ketones (excluding diaryl/α,β-unsaturated/α-hetero) is 1. The summed E-state index contributed by atoms with van der Waals surface area (Å²) in [5.74, 6) is 1.96. The molecule has 0 aliphatic heterocycles. The van der Waals surface area contributed by atoms with Gasteiger partial charge >= 0.3 is 0 Å². The predicted octanol–water partition coefficient (Wildman–Crippen LogP) is 5.14. The van der Waals surface area contributed by atoms with Crippen molar-refractivity contribution in [1.82, 2.24) is 0 Å². The molecule has 0 unspecified atom stereocenters. The molecule has 160 valence electrons. The van der Waals surface area contributed by atoms with Crippen LogP contribution in [0.3, 0.4) is 0 Å². The predicted molar refractivity (Wildman–Crippen MR) is 119 cm³/mol. The van der Waals surface area contributed by atoms with E-state index in [-0.39, 0.29) is 11.7 Å². The van der Waals surface area contributed by atoms with E-state index in [1.54, 1.807) is 34.5 Å². The van der Waals surface area contributed by atoms with E-state index in [2.05, 4.69) is 0 Å². The highest BCUT2D eigenvalue weighted by molar-refractivity contribution is 6.08. The second-order valence-corrected chi connectivity index (χ2v) is 7.67. The Morgan fingerprint density at radius 3 is 1.77 bits per heavy atom. The van der Waals surface area contributed by atoms with Gasteiger partial charge in [-0.1, -0.05) is 29.8 Å². The van der Waals surface area contributed by atoms with E-state index in [1.165, 1.54) is 0 Å². The van der Waals surface area contributed by atoms with Gasteiger partial charge in [-0.15, -0.1) is 0 Å². The first-order valence-corrected chi connectivity index (χ1v) is 10.1. The summed E-state index contributed by atoms with van der Waals surface area (Å²) >= 11 is 0. The van der Waals surface area contributed by atoms with E-state index in [1.807, 2.05) is 55.5 Å². The minimum Gasteiger partial charge on any atom is -0.497 e. The lowest BCUT2D eigenvalue weighted by atomic mass is 9.81. The summed E-state index contributed by atoms with van der Waals surface area (Å²) in [4.78, 5) is 13.7. The number of ether oxygens (including phenoxy) is 4. The molecule has 0 saturated carbocycles. The molecule has 31 heavy (non-hydrogen) atoms. The van der Waals surface area contributed by atoms with Crippen molar-refractivity contribution in [2.24, 2.45) is 0 Å². The lowest BCUT2D eigenvalue weighted by molar-refractivity contribution is 0.0968. The minimum absolute atomic E-state index is 0.0443. The van der Waals surface area contributed by atoms with Gasteiger partial charge in [0.2, 0.25) is 0 Å². The van der Waals surface area contributed by atoms with Crippen LogP contribution >= 0.6 is 0 Å². The highest BCUT2D eigenvalue weighted by Crippen LogP contribution is 2.53. The summed E-state index contributed by atoms with van der Waals surface area (Å²) in [6.07, 6.45) is 0. The number of carbonyl (C=O) groups excluding carboxylic acids is 1. The number of fused-ring (bicyclic) bond motifs is 1. The molecule has 2 atom stereocenters. The SMILES string of the molecule is COc1cc(OC)cc([C@H]2c3c(OC)cc(OC)cc3C(=O)[C@@H]2c2ccc(C)cc2)c1. The Hall–Kier alpha value is -3.47. The van der Waals surface area contributed by atoms with Crippen molar-refractivity contribution in [3.05, 3.63) is 82.4 Å². The highest BCUT2D eigenvalue weighted by atomic mass is 16.5. The summed E-state index contributed by atoms with van der Waals surface area (Å²) < 4.78 is 22.2. The van der Waals surface area contributed by atoms with Crippen LogP contribution in [0.5, 0.6) is 23.0 Å². The molecule has 0 N–H and O–H groups in total. The van der Waals surface area contributed by atoms with Crippen LogP contribution in [0.2, 0.25) is 0 Å². The number of hydrogen-bond donors (Lipinski definition) is 0. The standard InChI is InChI=1S/C26H26O5/c1-15-6-8-16(9-7-15)24-23(17-10-18(28-2)12-19(11-17)29-3)25-21(26(24)27)13-20(30-4)14-22(25)31-5/h6-14,23-24H,1-5H3/t23-,24-/m1/s1. The third-order valence-corrected chi connectivity index (χ3v) is 5.93. The van der Waals surface area contributed by atoms with E-state index in [0.717, 1.165) is 22.3 Å². The average Bonchev–Trinajstić information content (AvgIpc) is 3.10. The molecule has 0 heterocycles. The van der Waals surface area contributed by atoms with Gasteiger partial charge in [0.1, 0.15) is 23.0 Å². The maximum absolute atomic E-state index is 13.7. The van der Waals surface area contributed by atoms with Crippen LogP contribution in [0.4, 0.5) is 0 Å². The fourth-order valence-electron chi connectivity index (χ4n) is 4.38. The number of methoxy groups -OCH3 is 4. The monoisotopic (exact) mass is 418 g/mol. The molecule has 0 amide bonds. The molecule has 0 aromatic heterocycles. The second-order valence-electron chi connectivity index (χ2n) is 7.67. The molecule has 0 bridgehead atoms. The van der Waals surface area contributed by atoms with Crippen LogP contribution < -0.4 is 18.9 Å². The van der Waals surface area contributed by atoms with Gasteiger partial charge in [-0.3, -0.25) is 4.79 Å². The molecule has 4 rings (SSSR count). The number of aryl methyl sites for hydroxylation is 1. The molecule has 3 aromatic rings. The van der Waals surface area contributed by atoms with Crippen LogP contribution in [0, 0.1) is 6.92 Å². The molecule has 5 heteroatoms. The van der Waals surface area contributed by atoms with Crippen molar-refractivity contribution in [2.45, 2.75) is 18.8 Å². The van der Waals surface area contributed by atoms with Gasteiger partial charge in [0, 0.05) is 29.2 Å². The van der Waals surface area contributed by atoms with Crippen molar-refractivity contribution >= 4 is 5.78 Å². The van der Waals surface area contributed by atoms with E-state index >= 15 is 0 Å². The maximum Gasteiger partial charge on any atom is 0.171 e. The molecule has 5 nitrogen and oxygen atoms in total. The lowest BCUT2D eigenvalue weighted by Crippen LogP contribution is -2.13. The van der Waals surface area contributed by atoms with E-state index in [0.29, 0.717) is 28.6 Å². The largest absolute Gasteiger partial charge is 0.497 e. The summed E-state index contributed by atoms with van der Waals surface area (Å²) in [6, 6.07) is 17.5. The van der Waals surface area contributed by atoms with Crippen molar-refractivity contribution in [3.63, 3.8) is 0 Å². The van der Waals surface area contributed by atoms with E-state index in [4.69, 9.17) is 18.9 Å². The van der Waals surface area contributed by atoms with Crippen molar-refractivity contribution in [2.75, 3.05) is 28.4 Å². The van der Waals surface area contributed by atoms with Crippen LogP contribution in [0.15, 0.2) is 54.6 Å². The second kappa shape index (κ2) is 8.34. The third-order valence-electron chi connectivity index (χ3n) is 5.93. The number of rotatable bonds is 6. The highest BCUT2D eigenvalue weighted by Gasteiger charge is 2.44. The Morgan fingerprint density at radius 1 is 0.645 bits per heavy atom. The summed E-state index contributed by atoms with van der Waals surface area (Å²) in [6.45, 7) is 2.04. The van der Waals surface area contributed by atoms with Crippen LogP contribution in [0.1, 0.15) is 44.4 Å². The van der Waals surface area contributed by atoms with Gasteiger partial charge < -0.3 is 18.9 Å². The Balaban J connectivity index is 1.99. The van der Waals surface area contributed by atoms with Crippen LogP contribution in [0.25, 0.3) is 0 Å². The number of ketones is 1. The molecule has 1 aliphatic rings. The van der Waals surface area contributed by atoms with Crippen molar-refractivity contribution < 1.29 is 23.7 Å². The zero-order valence-corrected chi connectivity index (χ0v) is 18.4. The van der Waals surface area contributed by atoms with Gasteiger partial charge in [0.25, 0.3) is 0 Å². The quantitative estimate of drug-likeness (QED) is 0.555. The minimum atomic E-state index is -0.395. The first-order valence-electron chi connectivity index (χ1n) is 10.1. The molecule has 0 saturated heterocycles. The zero-order chi connectivity index (χ0) is 22.1. The number of hydrogen-bond acceptors (Lipinski definition) is 5. The Morgan fingerprint density at radius 2 is 1.23 bits per heavy atom. The van der Waals surface area contributed by atoms with Crippen LogP contribution in [-0.2, 0) is 0 Å². The van der Waals surface area contributed by atoms with Gasteiger partial charge in [-0.2, -0.15) is 0 Å². The van der Waals surface area contributed by atoms with Crippen molar-refractivity contribution in [1.29, 1.82) is 0 Å². The first-order chi connectivity index (χ1) is 15.0. The molecule has 0 radical (unpaired) electrons. The Kier molecular flexibility index (Phi) is 5.59. The summed E-state index contributed by atoms with van der Waals surface area (Å²) in [7, 11) is 6.44. The molecule has 0 spiro atoms. The average molecular weight is 418 g/mol. The van der Waals surface area contributed by atoms with Gasteiger partial charge in [-0.25, -0.2) is 0 Å². The maximum atomic E-state index is 13.7. The molecular weight excluding hydrogens is 392 g/mol. The Bertz CT molecular complexity index is 1100. The third kappa shape index (κ3) is 3.61. The van der Waals surface area contributed by atoms with Gasteiger partial charge in [0.05, 0.1) is 34.4 Å². The molecule has 3 aromatic carbocycles.